The van der Waals surface area contributed by atoms with Gasteiger partial charge in [0.2, 0.25) is 5.91 Å². The van der Waals surface area contributed by atoms with Crippen molar-refractivity contribution in [3.05, 3.63) is 29.3 Å². The van der Waals surface area contributed by atoms with E-state index >= 15 is 0 Å². The zero-order valence-corrected chi connectivity index (χ0v) is 12.7. The van der Waals surface area contributed by atoms with E-state index in [4.69, 9.17) is 16.3 Å². The van der Waals surface area contributed by atoms with Gasteiger partial charge in [0.25, 0.3) is 0 Å². The summed E-state index contributed by atoms with van der Waals surface area (Å²) in [5.74, 6) is 0.751. The summed E-state index contributed by atoms with van der Waals surface area (Å²) in [6, 6.07) is 7.31. The average molecular weight is 297 g/mol. The van der Waals surface area contributed by atoms with Crippen LogP contribution in [0.5, 0.6) is 5.75 Å². The second kappa shape index (κ2) is 6.46. The summed E-state index contributed by atoms with van der Waals surface area (Å²) in [5.41, 5.74) is -0.559. The van der Waals surface area contributed by atoms with Crippen LogP contribution in [0.25, 0.3) is 0 Å². The van der Waals surface area contributed by atoms with Crippen molar-refractivity contribution < 1.29 is 9.53 Å². The number of piperazine rings is 1. The summed E-state index contributed by atoms with van der Waals surface area (Å²) in [7, 11) is 0. The molecule has 0 spiro atoms. The van der Waals surface area contributed by atoms with Gasteiger partial charge in [0.05, 0.1) is 10.4 Å². The molecule has 0 bridgehead atoms. The number of halogens is 1. The van der Waals surface area contributed by atoms with Crippen LogP contribution >= 0.6 is 11.6 Å². The van der Waals surface area contributed by atoms with Gasteiger partial charge < -0.3 is 15.0 Å². The molecule has 2 rings (SSSR count). The second-order valence-corrected chi connectivity index (χ2v) is 6.05. The lowest BCUT2D eigenvalue weighted by molar-refractivity contribution is -0.142. The van der Waals surface area contributed by atoms with Gasteiger partial charge in [-0.3, -0.25) is 4.79 Å². The molecule has 1 aliphatic heterocycles. The summed E-state index contributed by atoms with van der Waals surface area (Å²) in [5, 5.41) is 3.81. The zero-order chi connectivity index (χ0) is 14.6. The van der Waals surface area contributed by atoms with Crippen LogP contribution in [0.3, 0.4) is 0 Å². The van der Waals surface area contributed by atoms with Crippen molar-refractivity contribution in [3.8, 4) is 5.75 Å². The van der Waals surface area contributed by atoms with E-state index in [1.54, 1.807) is 6.07 Å². The van der Waals surface area contributed by atoms with E-state index in [-0.39, 0.29) is 5.91 Å². The molecule has 1 N–H and O–H groups in total. The molecule has 4 nitrogen and oxygen atoms in total. The topological polar surface area (TPSA) is 41.6 Å². The Hall–Kier alpha value is -1.26. The van der Waals surface area contributed by atoms with Crippen molar-refractivity contribution in [2.75, 3.05) is 32.8 Å². The smallest absolute Gasteiger partial charge is 0.231 e. The van der Waals surface area contributed by atoms with E-state index in [1.807, 2.05) is 36.9 Å². The summed E-state index contributed by atoms with van der Waals surface area (Å²) in [6.45, 7) is 7.37. The lowest BCUT2D eigenvalue weighted by Crippen LogP contribution is -2.51. The number of amides is 1. The van der Waals surface area contributed by atoms with E-state index in [0.717, 1.165) is 26.2 Å². The normalized spacial score (nSPS) is 16.1. The number of para-hydroxylation sites is 1. The van der Waals surface area contributed by atoms with Gasteiger partial charge in [0.15, 0.2) is 0 Å². The fourth-order valence-corrected chi connectivity index (χ4v) is 2.37. The lowest BCUT2D eigenvalue weighted by atomic mass is 9.92. The van der Waals surface area contributed by atoms with Crippen molar-refractivity contribution in [3.63, 3.8) is 0 Å². The molecule has 1 aromatic carbocycles. The molecule has 1 aromatic rings. The molecule has 0 saturated carbocycles. The Balaban J connectivity index is 1.96. The summed E-state index contributed by atoms with van der Waals surface area (Å²) < 4.78 is 5.72. The standard InChI is InChI=1S/C15H21ClN2O2/c1-15(2,14(19)18-9-7-17-8-10-18)11-20-13-6-4-3-5-12(13)16/h3-6,17H,7-11H2,1-2H3. The maximum atomic E-state index is 12.5. The third kappa shape index (κ3) is 3.64. The second-order valence-electron chi connectivity index (χ2n) is 5.65. The first kappa shape index (κ1) is 15.1. The molecule has 0 atom stereocenters. The quantitative estimate of drug-likeness (QED) is 0.926. The number of nitrogens with zero attached hydrogens (tertiary/aromatic N) is 1. The number of ether oxygens (including phenoxy) is 1. The molecular formula is C15H21ClN2O2. The highest BCUT2D eigenvalue weighted by Gasteiger charge is 2.33. The SMILES string of the molecule is CC(C)(COc1ccccc1Cl)C(=O)N1CCNCC1. The van der Waals surface area contributed by atoms with Gasteiger partial charge in [0.1, 0.15) is 12.4 Å². The summed E-state index contributed by atoms with van der Waals surface area (Å²) >= 11 is 6.05. The first-order valence-corrected chi connectivity index (χ1v) is 7.26. The van der Waals surface area contributed by atoms with E-state index in [0.29, 0.717) is 17.4 Å². The van der Waals surface area contributed by atoms with Crippen LogP contribution < -0.4 is 10.1 Å². The van der Waals surface area contributed by atoms with Crippen LogP contribution in [0.2, 0.25) is 5.02 Å². The number of carbonyl (C=O) groups is 1. The monoisotopic (exact) mass is 296 g/mol. The van der Waals surface area contributed by atoms with E-state index in [1.165, 1.54) is 0 Å². The van der Waals surface area contributed by atoms with Crippen LogP contribution in [0, 0.1) is 5.41 Å². The fraction of sp³-hybridized carbons (Fsp3) is 0.533. The number of carbonyl (C=O) groups excluding carboxylic acids is 1. The predicted molar refractivity (Wildman–Crippen MR) is 80.2 cm³/mol. The number of hydrogen-bond donors (Lipinski definition) is 1. The van der Waals surface area contributed by atoms with Crippen LogP contribution in [0.4, 0.5) is 0 Å². The van der Waals surface area contributed by atoms with E-state index in [9.17, 15) is 4.79 Å². The number of rotatable bonds is 4. The van der Waals surface area contributed by atoms with Gasteiger partial charge in [-0.25, -0.2) is 0 Å². The molecule has 20 heavy (non-hydrogen) atoms. The maximum absolute atomic E-state index is 12.5. The first-order valence-electron chi connectivity index (χ1n) is 6.88. The summed E-state index contributed by atoms with van der Waals surface area (Å²) in [6.07, 6.45) is 0. The molecule has 0 aliphatic carbocycles. The molecule has 1 amide bonds. The maximum Gasteiger partial charge on any atom is 0.231 e. The molecule has 5 heteroatoms. The van der Waals surface area contributed by atoms with Crippen molar-refractivity contribution in [2.24, 2.45) is 5.41 Å². The minimum absolute atomic E-state index is 0.131. The van der Waals surface area contributed by atoms with Gasteiger partial charge >= 0.3 is 0 Å². The van der Waals surface area contributed by atoms with Gasteiger partial charge in [-0.1, -0.05) is 23.7 Å². The molecule has 1 saturated heterocycles. The van der Waals surface area contributed by atoms with Gasteiger partial charge in [-0.05, 0) is 26.0 Å². The predicted octanol–water partition coefficient (Wildman–Crippen LogP) is 2.18. The Kier molecular flexibility index (Phi) is 4.89. The van der Waals surface area contributed by atoms with Gasteiger partial charge in [0, 0.05) is 26.2 Å². The average Bonchev–Trinajstić information content (AvgIpc) is 2.46. The van der Waals surface area contributed by atoms with Crippen molar-refractivity contribution in [2.45, 2.75) is 13.8 Å². The van der Waals surface area contributed by atoms with Crippen molar-refractivity contribution in [1.29, 1.82) is 0 Å². The third-order valence-corrected chi connectivity index (χ3v) is 3.72. The molecule has 110 valence electrons. The highest BCUT2D eigenvalue weighted by atomic mass is 35.5. The van der Waals surface area contributed by atoms with Crippen molar-refractivity contribution in [1.82, 2.24) is 10.2 Å². The van der Waals surface area contributed by atoms with Crippen LogP contribution in [-0.4, -0.2) is 43.6 Å². The highest BCUT2D eigenvalue weighted by molar-refractivity contribution is 6.32. The summed E-state index contributed by atoms with van der Waals surface area (Å²) in [4.78, 5) is 14.4. The Morgan fingerprint density at radius 3 is 2.65 bits per heavy atom. The van der Waals surface area contributed by atoms with E-state index in [2.05, 4.69) is 5.32 Å². The molecular weight excluding hydrogens is 276 g/mol. The lowest BCUT2D eigenvalue weighted by Gasteiger charge is -2.34. The molecule has 0 unspecified atom stereocenters. The molecule has 1 aliphatic rings. The van der Waals surface area contributed by atoms with Crippen LogP contribution in [0.1, 0.15) is 13.8 Å². The Bertz CT molecular complexity index is 471. The van der Waals surface area contributed by atoms with Gasteiger partial charge in [-0.15, -0.1) is 0 Å². The van der Waals surface area contributed by atoms with Crippen molar-refractivity contribution >= 4 is 17.5 Å². The molecule has 0 radical (unpaired) electrons. The minimum atomic E-state index is -0.559. The van der Waals surface area contributed by atoms with Crippen LogP contribution in [0.15, 0.2) is 24.3 Å². The van der Waals surface area contributed by atoms with Crippen LogP contribution in [-0.2, 0) is 4.79 Å². The first-order chi connectivity index (χ1) is 9.50. The fourth-order valence-electron chi connectivity index (χ4n) is 2.18. The number of benzene rings is 1. The Labute approximate surface area is 125 Å². The minimum Gasteiger partial charge on any atom is -0.491 e. The molecule has 1 fully saturated rings. The highest BCUT2D eigenvalue weighted by Crippen LogP contribution is 2.27. The third-order valence-electron chi connectivity index (χ3n) is 3.41. The Morgan fingerprint density at radius 1 is 1.35 bits per heavy atom. The number of hydrogen-bond acceptors (Lipinski definition) is 3. The molecule has 0 aromatic heterocycles. The van der Waals surface area contributed by atoms with E-state index < -0.39 is 5.41 Å². The van der Waals surface area contributed by atoms with Gasteiger partial charge in [-0.2, -0.15) is 0 Å². The zero-order valence-electron chi connectivity index (χ0n) is 12.0. The number of nitrogens with one attached hydrogen (secondary N) is 1. The molecule has 1 heterocycles. The Morgan fingerprint density at radius 2 is 2.00 bits per heavy atom. The largest absolute Gasteiger partial charge is 0.491 e.